The van der Waals surface area contributed by atoms with E-state index in [9.17, 15) is 0 Å². The van der Waals surface area contributed by atoms with Crippen LogP contribution in [0.25, 0.3) is 0 Å². The minimum absolute atomic E-state index is 0.842. The molecule has 89 valence electrons. The topological polar surface area (TPSA) is 14.1 Å². The molecule has 1 aliphatic rings. The zero-order valence-electron chi connectivity index (χ0n) is 10.2. The number of hydrogen-bond donors (Lipinski definition) is 0. The minimum atomic E-state index is 0.842. The molecule has 0 bridgehead atoms. The molecule has 1 atom stereocenters. The number of H-pyrrole nitrogens is 1. The normalized spacial score (nSPS) is 20.2. The average Bonchev–Trinajstić information content (AvgIpc) is 2.76. The van der Waals surface area contributed by atoms with Crippen LogP contribution in [0.3, 0.4) is 0 Å². The van der Waals surface area contributed by atoms with Gasteiger partial charge in [-0.1, -0.05) is 50.1 Å². The quantitative estimate of drug-likeness (QED) is 0.742. The monoisotopic (exact) mass is 282 g/mol. The number of nitrogens with one attached hydrogen (secondary N) is 1. The van der Waals surface area contributed by atoms with Crippen molar-refractivity contribution < 1.29 is 4.98 Å². The van der Waals surface area contributed by atoms with Gasteiger partial charge in [0.1, 0.15) is 0 Å². The Labute approximate surface area is 108 Å². The number of aromatic amines is 1. The summed E-state index contributed by atoms with van der Waals surface area (Å²) in [6.45, 7) is 2.28. The van der Waals surface area contributed by atoms with Crippen molar-refractivity contribution in [2.24, 2.45) is 5.92 Å². The molecule has 0 amide bonds. The molecule has 3 heteroatoms. The van der Waals surface area contributed by atoms with Crippen LogP contribution in [0.4, 0.5) is 0 Å². The predicted molar refractivity (Wildman–Crippen MR) is 74.9 cm³/mol. The molecule has 0 aromatic carbocycles. The van der Waals surface area contributed by atoms with E-state index in [-0.39, 0.29) is 0 Å². The van der Waals surface area contributed by atoms with Crippen LogP contribution >= 0.6 is 15.8 Å². The standard InChI is InChI=1S/C8H16BBr.C5H5N/c1-2-3-4-8-5-6-9(10)7-8;1-2-4-6-5-3-1/h8H,2-7H2,1H3;1-5H/q-1;/p+1. The molecule has 1 radical (unpaired) electrons. The van der Waals surface area contributed by atoms with Crippen LogP contribution in [-0.2, 0) is 0 Å². The highest BCUT2D eigenvalue weighted by molar-refractivity contribution is 9.24. The van der Waals surface area contributed by atoms with Gasteiger partial charge in [-0.2, -0.15) is 12.6 Å². The van der Waals surface area contributed by atoms with E-state index in [1.54, 1.807) is 0 Å². The van der Waals surface area contributed by atoms with Gasteiger partial charge < -0.3 is 15.8 Å². The van der Waals surface area contributed by atoms with E-state index in [4.69, 9.17) is 0 Å². The summed E-state index contributed by atoms with van der Waals surface area (Å²) in [7, 11) is 0. The maximum Gasteiger partial charge on any atom is 0.166 e. The summed E-state index contributed by atoms with van der Waals surface area (Å²) in [6, 6.07) is 5.86. The van der Waals surface area contributed by atoms with Gasteiger partial charge >= 0.3 is 0 Å². The van der Waals surface area contributed by atoms with Crippen molar-refractivity contribution in [1.82, 2.24) is 0 Å². The first-order valence-electron chi connectivity index (χ1n) is 6.38. The summed E-state index contributed by atoms with van der Waals surface area (Å²) in [6.07, 6.45) is 12.3. The molecule has 1 aliphatic heterocycles. The highest BCUT2D eigenvalue weighted by Gasteiger charge is 2.13. The molecule has 1 saturated heterocycles. The van der Waals surface area contributed by atoms with E-state index >= 15 is 0 Å². The first kappa shape index (κ1) is 13.8. The molecular weight excluding hydrogens is 261 g/mol. The van der Waals surface area contributed by atoms with Gasteiger partial charge in [0.25, 0.3) is 0 Å². The van der Waals surface area contributed by atoms with Gasteiger partial charge in [-0.05, 0) is 0 Å². The van der Waals surface area contributed by atoms with Crippen LogP contribution in [0.1, 0.15) is 32.6 Å². The van der Waals surface area contributed by atoms with Crippen molar-refractivity contribution >= 4 is 21.3 Å². The lowest BCUT2D eigenvalue weighted by Crippen LogP contribution is -1.96. The molecule has 0 spiro atoms. The Balaban J connectivity index is 0.000000181. The number of aromatic nitrogens is 1. The average molecular weight is 283 g/mol. The summed E-state index contributed by atoms with van der Waals surface area (Å²) in [5, 5.41) is 0. The van der Waals surface area contributed by atoms with Gasteiger partial charge in [-0.25, -0.2) is 4.98 Å². The van der Waals surface area contributed by atoms with E-state index in [1.165, 1.54) is 38.3 Å². The summed E-state index contributed by atoms with van der Waals surface area (Å²) in [5.41, 5.74) is 0.842. The molecule has 0 aliphatic carbocycles. The van der Waals surface area contributed by atoms with E-state index in [1.807, 2.05) is 30.6 Å². The Morgan fingerprint density at radius 3 is 2.44 bits per heavy atom. The van der Waals surface area contributed by atoms with Crippen molar-refractivity contribution in [3.63, 3.8) is 0 Å². The first-order valence-corrected chi connectivity index (χ1v) is 7.29. The van der Waals surface area contributed by atoms with Crippen molar-refractivity contribution in [3.05, 3.63) is 30.6 Å². The second-order valence-corrected chi connectivity index (χ2v) is 5.79. The molecule has 1 nitrogen and oxygen atoms in total. The SMILES string of the molecule is CCCCC1CC[B-](Br)C1.c1cc[nH+]cc1. The Kier molecular flexibility index (Phi) is 7.57. The largest absolute Gasteiger partial charge is 0.398 e. The van der Waals surface area contributed by atoms with Crippen LogP contribution in [0.2, 0.25) is 12.6 Å². The van der Waals surface area contributed by atoms with Gasteiger partial charge in [0.15, 0.2) is 12.4 Å². The highest BCUT2D eigenvalue weighted by Crippen LogP contribution is 2.32. The molecule has 0 saturated carbocycles. The van der Waals surface area contributed by atoms with Crippen molar-refractivity contribution in [3.8, 4) is 0 Å². The van der Waals surface area contributed by atoms with E-state index in [0.717, 1.165) is 11.5 Å². The summed E-state index contributed by atoms with van der Waals surface area (Å²) in [4.78, 5) is 2.89. The fourth-order valence-electron chi connectivity index (χ4n) is 2.11. The predicted octanol–water partition coefficient (Wildman–Crippen LogP) is 4.08. The van der Waals surface area contributed by atoms with Gasteiger partial charge in [0.05, 0.1) is 0 Å². The zero-order chi connectivity index (χ0) is 11.6. The summed E-state index contributed by atoms with van der Waals surface area (Å²) in [5.74, 6) is 1.05. The van der Waals surface area contributed by atoms with Gasteiger partial charge in [0, 0.05) is 12.1 Å². The molecule has 2 heterocycles. The number of hydrogen-bond acceptors (Lipinski definition) is 0. The number of pyridine rings is 1. The van der Waals surface area contributed by atoms with Crippen LogP contribution in [0, 0.1) is 5.92 Å². The molecule has 1 unspecified atom stereocenters. The third kappa shape index (κ3) is 6.31. The third-order valence-electron chi connectivity index (χ3n) is 3.05. The minimum Gasteiger partial charge on any atom is -0.398 e. The molecule has 1 N–H and O–H groups in total. The molecule has 1 fully saturated rings. The van der Waals surface area contributed by atoms with E-state index in [0.29, 0.717) is 0 Å². The molecule has 1 aromatic heterocycles. The van der Waals surface area contributed by atoms with E-state index < -0.39 is 0 Å². The number of rotatable bonds is 3. The fraction of sp³-hybridized carbons (Fsp3) is 0.615. The van der Waals surface area contributed by atoms with E-state index in [2.05, 4.69) is 27.7 Å². The molecule has 2 rings (SSSR count). The third-order valence-corrected chi connectivity index (χ3v) is 3.88. The molecular formula is C13H22BBrN. The van der Waals surface area contributed by atoms with Gasteiger partial charge in [-0.3, -0.25) is 0 Å². The first-order chi connectivity index (χ1) is 7.83. The number of unbranched alkanes of at least 4 members (excludes halogenated alkanes) is 1. The second-order valence-electron chi connectivity index (χ2n) is 4.50. The lowest BCUT2D eigenvalue weighted by Gasteiger charge is -2.11. The Morgan fingerprint density at radius 2 is 2.06 bits per heavy atom. The van der Waals surface area contributed by atoms with Crippen molar-refractivity contribution in [1.29, 1.82) is 0 Å². The van der Waals surface area contributed by atoms with Crippen LogP contribution < -0.4 is 4.98 Å². The Hall–Kier alpha value is -0.305. The molecule has 1 aromatic rings. The van der Waals surface area contributed by atoms with Crippen LogP contribution in [0.15, 0.2) is 30.6 Å². The lowest BCUT2D eigenvalue weighted by molar-refractivity contribution is -0.377. The summed E-state index contributed by atoms with van der Waals surface area (Å²) >= 11 is 3.67. The molecule has 16 heavy (non-hydrogen) atoms. The van der Waals surface area contributed by atoms with Crippen molar-refractivity contribution in [2.75, 3.05) is 0 Å². The van der Waals surface area contributed by atoms with Gasteiger partial charge in [-0.15, -0.1) is 0 Å². The Morgan fingerprint density at radius 1 is 1.31 bits per heavy atom. The number of halogens is 1. The fourth-order valence-corrected chi connectivity index (χ4v) is 2.90. The summed E-state index contributed by atoms with van der Waals surface area (Å²) < 4.78 is 0. The lowest BCUT2D eigenvalue weighted by atomic mass is 9.75. The maximum atomic E-state index is 3.67. The highest BCUT2D eigenvalue weighted by atomic mass is 79.9. The zero-order valence-corrected chi connectivity index (χ0v) is 11.7. The van der Waals surface area contributed by atoms with Crippen LogP contribution in [-0.4, -0.2) is 5.54 Å². The van der Waals surface area contributed by atoms with Crippen molar-refractivity contribution in [2.45, 2.75) is 45.2 Å². The van der Waals surface area contributed by atoms with Gasteiger partial charge in [0.2, 0.25) is 0 Å². The Bertz CT molecular complexity index is 229. The smallest absolute Gasteiger partial charge is 0.166 e. The van der Waals surface area contributed by atoms with Crippen LogP contribution in [0.5, 0.6) is 0 Å². The second kappa shape index (κ2) is 8.80. The maximum absolute atomic E-state index is 3.67.